The van der Waals surface area contributed by atoms with Gasteiger partial charge >= 0.3 is 23.9 Å². The lowest BCUT2D eigenvalue weighted by molar-refractivity contribution is -0.237. The van der Waals surface area contributed by atoms with Crippen LogP contribution in [0.2, 0.25) is 0 Å². The van der Waals surface area contributed by atoms with E-state index >= 15 is 0 Å². The molecule has 330 valence electrons. The second-order valence-corrected chi connectivity index (χ2v) is 20.6. The highest BCUT2D eigenvalue weighted by atomic mass is 32.2. The molecule has 1 aliphatic heterocycles. The molecule has 0 aromatic carbocycles. The van der Waals surface area contributed by atoms with Crippen molar-refractivity contribution in [3.63, 3.8) is 0 Å². The molecule has 0 bridgehead atoms. The van der Waals surface area contributed by atoms with Crippen LogP contribution in [0.15, 0.2) is 11.6 Å². The van der Waals surface area contributed by atoms with Gasteiger partial charge in [0.1, 0.15) is 18.1 Å². The molecule has 0 amide bonds. The van der Waals surface area contributed by atoms with Crippen molar-refractivity contribution in [3.8, 4) is 0 Å². The predicted molar refractivity (Wildman–Crippen MR) is 226 cm³/mol. The smallest absolute Gasteiger partial charge is 0.303 e. The molecule has 58 heavy (non-hydrogen) atoms. The van der Waals surface area contributed by atoms with Gasteiger partial charge in [-0.2, -0.15) is 0 Å². The van der Waals surface area contributed by atoms with Crippen molar-refractivity contribution in [2.75, 3.05) is 19.0 Å². The van der Waals surface area contributed by atoms with Crippen LogP contribution in [-0.4, -0.2) is 78.8 Å². The Morgan fingerprint density at radius 3 is 2.16 bits per heavy atom. The quantitative estimate of drug-likeness (QED) is 0.0535. The van der Waals surface area contributed by atoms with E-state index in [0.29, 0.717) is 22.7 Å². The summed E-state index contributed by atoms with van der Waals surface area (Å²) < 4.78 is 34.6. The van der Waals surface area contributed by atoms with Gasteiger partial charge in [-0.05, 0) is 116 Å². The first-order valence-electron chi connectivity index (χ1n) is 22.8. The number of fused-ring (bicyclic) bond motifs is 5. The van der Waals surface area contributed by atoms with Gasteiger partial charge in [0.25, 0.3) is 0 Å². The van der Waals surface area contributed by atoms with Crippen molar-refractivity contribution in [3.05, 3.63) is 11.6 Å². The fraction of sp³-hybridized carbons (Fsp3) is 0.872. The number of esters is 4. The van der Waals surface area contributed by atoms with Crippen LogP contribution < -0.4 is 0 Å². The maximum absolute atomic E-state index is 12.1. The summed E-state index contributed by atoms with van der Waals surface area (Å²) in [5.41, 5.74) is 1.81. The molecule has 0 radical (unpaired) electrons. The lowest BCUT2D eigenvalue weighted by atomic mass is 9.47. The lowest BCUT2D eigenvalue weighted by Gasteiger charge is -2.58. The summed E-state index contributed by atoms with van der Waals surface area (Å²) in [6.45, 7) is 18.1. The highest BCUT2D eigenvalue weighted by molar-refractivity contribution is 7.99. The van der Waals surface area contributed by atoms with Crippen LogP contribution in [0.5, 0.6) is 0 Å². The minimum Gasteiger partial charge on any atom is -0.463 e. The molecule has 0 aromatic rings. The van der Waals surface area contributed by atoms with Gasteiger partial charge in [-0.3, -0.25) is 19.2 Å². The first-order chi connectivity index (χ1) is 27.5. The molecule has 0 aromatic heterocycles. The van der Waals surface area contributed by atoms with E-state index in [4.69, 9.17) is 28.4 Å². The molecule has 0 N–H and O–H groups in total. The summed E-state index contributed by atoms with van der Waals surface area (Å²) in [6.07, 6.45) is 17.3. The lowest BCUT2D eigenvalue weighted by Crippen LogP contribution is -2.61. The Morgan fingerprint density at radius 2 is 1.47 bits per heavy atom. The standard InChI is InChI=1S/C47H76O10S/c1-29(2)15-14-16-30(3)38-19-20-39-37-18-17-35-27-36(21-23-46(35,8)40(37)22-24-47(38,39)9)52-25-12-10-11-13-26-58-45-44(56-34(7)51)43(55-33(6)50)42(54-32(5)49)41(57-45)28-53-31(4)48/h17,29-30,36-45H,10-16,18-28H2,1-9H3/t30-,36+,37?,38-,39?,40?,41-,42+,43+,44-,45+,46+,47-/m1/s1. The summed E-state index contributed by atoms with van der Waals surface area (Å²) in [6, 6.07) is 0. The van der Waals surface area contributed by atoms with Gasteiger partial charge in [-0.15, -0.1) is 11.8 Å². The van der Waals surface area contributed by atoms with Crippen LogP contribution in [0.3, 0.4) is 0 Å². The number of unbranched alkanes of at least 4 members (excludes halogenated alkanes) is 3. The van der Waals surface area contributed by atoms with Crippen molar-refractivity contribution in [1.82, 2.24) is 0 Å². The highest BCUT2D eigenvalue weighted by Gasteiger charge is 2.59. The van der Waals surface area contributed by atoms with E-state index in [1.165, 1.54) is 97.2 Å². The van der Waals surface area contributed by atoms with Crippen molar-refractivity contribution in [2.24, 2.45) is 46.3 Å². The Balaban J connectivity index is 1.06. The predicted octanol–water partition coefficient (Wildman–Crippen LogP) is 9.79. The third-order valence-corrected chi connectivity index (χ3v) is 16.1. The van der Waals surface area contributed by atoms with Crippen molar-refractivity contribution in [1.29, 1.82) is 0 Å². The summed E-state index contributed by atoms with van der Waals surface area (Å²) in [7, 11) is 0. The van der Waals surface area contributed by atoms with Crippen LogP contribution in [-0.2, 0) is 47.6 Å². The molecule has 10 nitrogen and oxygen atoms in total. The van der Waals surface area contributed by atoms with E-state index in [-0.39, 0.29) is 6.61 Å². The molecule has 5 rings (SSSR count). The number of thioether (sulfide) groups is 1. The van der Waals surface area contributed by atoms with Gasteiger partial charge in [-0.25, -0.2) is 0 Å². The Hall–Kier alpha value is -2.11. The first kappa shape index (κ1) is 46.9. The number of carbonyl (C=O) groups is 4. The van der Waals surface area contributed by atoms with Crippen LogP contribution >= 0.6 is 11.8 Å². The zero-order valence-corrected chi connectivity index (χ0v) is 38.0. The number of ether oxygens (including phenoxy) is 6. The van der Waals surface area contributed by atoms with Crippen LogP contribution in [0.4, 0.5) is 0 Å². The average Bonchev–Trinajstić information content (AvgIpc) is 3.50. The molecule has 4 fully saturated rings. The molecular formula is C47H76O10S. The third kappa shape index (κ3) is 11.6. The second kappa shape index (κ2) is 21.1. The summed E-state index contributed by atoms with van der Waals surface area (Å²) in [4.78, 5) is 47.9. The van der Waals surface area contributed by atoms with Crippen LogP contribution in [0.25, 0.3) is 0 Å². The third-order valence-electron chi connectivity index (χ3n) is 14.9. The molecule has 5 aliphatic rings. The zero-order chi connectivity index (χ0) is 42.2. The maximum atomic E-state index is 12.1. The number of hydrogen-bond acceptors (Lipinski definition) is 11. The van der Waals surface area contributed by atoms with Gasteiger partial charge in [0.05, 0.1) is 6.10 Å². The van der Waals surface area contributed by atoms with Gasteiger partial charge in [0.15, 0.2) is 18.3 Å². The molecular weight excluding hydrogens is 757 g/mol. The minimum absolute atomic E-state index is 0.216. The fourth-order valence-corrected chi connectivity index (χ4v) is 13.3. The van der Waals surface area contributed by atoms with E-state index in [0.717, 1.165) is 80.6 Å². The second-order valence-electron chi connectivity index (χ2n) is 19.4. The largest absolute Gasteiger partial charge is 0.463 e. The molecule has 1 heterocycles. The monoisotopic (exact) mass is 833 g/mol. The van der Waals surface area contributed by atoms with E-state index in [1.54, 1.807) is 5.57 Å². The number of rotatable bonds is 19. The zero-order valence-electron chi connectivity index (χ0n) is 37.2. The van der Waals surface area contributed by atoms with Gasteiger partial charge in [0.2, 0.25) is 0 Å². The Kier molecular flexibility index (Phi) is 17.1. The van der Waals surface area contributed by atoms with Crippen molar-refractivity contribution in [2.45, 2.75) is 195 Å². The minimum atomic E-state index is -1.13. The van der Waals surface area contributed by atoms with E-state index in [2.05, 4.69) is 40.7 Å². The molecule has 13 atom stereocenters. The van der Waals surface area contributed by atoms with E-state index < -0.39 is 53.7 Å². The Labute approximate surface area is 353 Å². The van der Waals surface area contributed by atoms with Crippen LogP contribution in [0, 0.1) is 46.3 Å². The first-order valence-corrected chi connectivity index (χ1v) is 23.8. The summed E-state index contributed by atoms with van der Waals surface area (Å²) >= 11 is 1.44. The maximum Gasteiger partial charge on any atom is 0.303 e. The summed E-state index contributed by atoms with van der Waals surface area (Å²) in [5.74, 6) is 3.44. The van der Waals surface area contributed by atoms with E-state index in [1.807, 2.05) is 0 Å². The van der Waals surface area contributed by atoms with Gasteiger partial charge in [-0.1, -0.05) is 78.4 Å². The topological polar surface area (TPSA) is 124 Å². The Morgan fingerprint density at radius 1 is 0.776 bits per heavy atom. The molecule has 3 saturated carbocycles. The SMILES string of the molecule is CC(=O)OC[C@H]1O[C@@H](SCCCCCCO[C@H]2CC[C@@]3(C)C(=CCC4C3CC[C@@]3(C)C4CC[C@@H]3[C@H](C)CCCC(C)C)C2)[C@H](OC(C)=O)[C@@H](OC(C)=O)[C@H]1OC(C)=O. The van der Waals surface area contributed by atoms with Crippen molar-refractivity contribution < 1.29 is 47.6 Å². The molecule has 3 unspecified atom stereocenters. The van der Waals surface area contributed by atoms with Gasteiger partial charge in [0, 0.05) is 34.3 Å². The van der Waals surface area contributed by atoms with Crippen molar-refractivity contribution >= 4 is 35.6 Å². The Bertz CT molecular complexity index is 1430. The fourth-order valence-electron chi connectivity index (χ4n) is 12.1. The highest BCUT2D eigenvalue weighted by Crippen LogP contribution is 2.67. The molecule has 11 heteroatoms. The molecule has 1 saturated heterocycles. The number of hydrogen-bond donors (Lipinski definition) is 0. The van der Waals surface area contributed by atoms with Gasteiger partial charge < -0.3 is 28.4 Å². The molecule has 0 spiro atoms. The van der Waals surface area contributed by atoms with E-state index in [9.17, 15) is 19.2 Å². The van der Waals surface area contributed by atoms with Crippen LogP contribution in [0.1, 0.15) is 159 Å². The normalized spacial score (nSPS) is 36.1. The average molecular weight is 833 g/mol. The molecule has 4 aliphatic carbocycles. The number of carbonyl (C=O) groups excluding carboxylic acids is 4. The summed E-state index contributed by atoms with van der Waals surface area (Å²) in [5, 5.41) is 0. The number of allylic oxidation sites excluding steroid dienone is 1.